The molecule has 4 heterocycles. The van der Waals surface area contributed by atoms with Crippen LogP contribution in [0, 0.1) is 23.7 Å². The van der Waals surface area contributed by atoms with E-state index in [2.05, 4.69) is 44.9 Å². The van der Waals surface area contributed by atoms with Crippen molar-refractivity contribution in [3.8, 4) is 23.7 Å². The molecule has 454 valence electrons. The van der Waals surface area contributed by atoms with E-state index in [1.54, 1.807) is 41.5 Å². The normalized spacial score (nSPS) is 27.7. The van der Waals surface area contributed by atoms with Gasteiger partial charge in [0.05, 0.1) is 47.2 Å². The molecule has 4 aliphatic heterocycles. The number of aliphatic hydroxyl groups excluding tert-OH is 2. The maximum Gasteiger partial charge on any atom is 0.410 e. The molecule has 0 saturated carbocycles. The third-order valence-corrected chi connectivity index (χ3v) is 18.3. The van der Waals surface area contributed by atoms with Gasteiger partial charge in [-0.3, -0.25) is 38.6 Å². The molecule has 6 N–H and O–H groups in total. The van der Waals surface area contributed by atoms with Crippen molar-refractivity contribution in [3.05, 3.63) is 70.8 Å². The topological polar surface area (TPSA) is 275 Å². The molecule has 14 atom stereocenters. The summed E-state index contributed by atoms with van der Waals surface area (Å²) in [4.78, 5) is 115. The van der Waals surface area contributed by atoms with Crippen LogP contribution >= 0.6 is 23.5 Å². The lowest BCUT2D eigenvalue weighted by Crippen LogP contribution is -2.58. The molecule has 4 saturated heterocycles. The fourth-order valence-electron chi connectivity index (χ4n) is 11.2. The van der Waals surface area contributed by atoms with Gasteiger partial charge in [-0.2, -0.15) is 0 Å². The molecule has 0 unspecified atom stereocenters. The summed E-state index contributed by atoms with van der Waals surface area (Å²) in [6, 6.07) is 7.37. The van der Waals surface area contributed by atoms with Crippen LogP contribution in [0.25, 0.3) is 0 Å². The van der Waals surface area contributed by atoms with Crippen molar-refractivity contribution < 1.29 is 67.5 Å². The predicted molar refractivity (Wildman–Crippen MR) is 312 cm³/mol. The predicted octanol–water partition coefficient (Wildman–Crippen LogP) is 2.92. The largest absolute Gasteiger partial charge is 0.444 e. The minimum absolute atomic E-state index is 0.0471. The van der Waals surface area contributed by atoms with E-state index in [0.717, 1.165) is 32.1 Å². The zero-order chi connectivity index (χ0) is 60.9. The summed E-state index contributed by atoms with van der Waals surface area (Å²) in [6.45, 7) is 13.3. The van der Waals surface area contributed by atoms with Crippen molar-refractivity contribution in [1.82, 2.24) is 40.9 Å². The molecule has 6 aliphatic rings. The zero-order valence-corrected chi connectivity index (χ0v) is 50.8. The average molecular weight is 1200 g/mol. The highest BCUT2D eigenvalue weighted by Gasteiger charge is 2.53. The second-order valence-corrected chi connectivity index (χ2v) is 26.5. The highest BCUT2D eigenvalue weighted by Crippen LogP contribution is 2.40. The lowest BCUT2D eigenvalue weighted by molar-refractivity contribution is -0.144. The van der Waals surface area contributed by atoms with Gasteiger partial charge in [0.25, 0.3) is 0 Å². The maximum atomic E-state index is 14.4. The molecule has 2 aliphatic carbocycles. The van der Waals surface area contributed by atoms with Crippen LogP contribution in [0.1, 0.15) is 115 Å². The number of aliphatic hydroxyl groups is 2. The van der Waals surface area contributed by atoms with Crippen LogP contribution in [0.4, 0.5) is 9.59 Å². The van der Waals surface area contributed by atoms with Crippen molar-refractivity contribution in [1.29, 1.82) is 0 Å². The Kier molecular flexibility index (Phi) is 20.3. The number of thioether (sulfide) groups is 2. The minimum Gasteiger partial charge on any atom is -0.444 e. The van der Waals surface area contributed by atoms with Crippen LogP contribution in [0.2, 0.25) is 0 Å². The molecule has 0 spiro atoms. The van der Waals surface area contributed by atoms with Gasteiger partial charge in [0.1, 0.15) is 60.7 Å². The van der Waals surface area contributed by atoms with Gasteiger partial charge in [-0.15, -0.1) is 23.5 Å². The maximum absolute atomic E-state index is 14.4. The zero-order valence-electron chi connectivity index (χ0n) is 49.2. The van der Waals surface area contributed by atoms with Crippen LogP contribution in [0.15, 0.2) is 48.5 Å². The quantitative estimate of drug-likeness (QED) is 0.148. The van der Waals surface area contributed by atoms with E-state index in [4.69, 9.17) is 18.9 Å². The Morgan fingerprint density at radius 3 is 1.36 bits per heavy atom. The number of carbonyl (C=O) groups excluding carboxylic acids is 8. The number of likely N-dealkylation sites (N-methyl/N-ethyl adjacent to an activating group) is 2. The molecular formula is C60H78N8O14S2. The van der Waals surface area contributed by atoms with Crippen LogP contribution in [0.5, 0.6) is 0 Å². The van der Waals surface area contributed by atoms with E-state index in [1.165, 1.54) is 61.3 Å². The lowest BCUT2D eigenvalue weighted by atomic mass is 10.1. The van der Waals surface area contributed by atoms with Gasteiger partial charge < -0.3 is 60.2 Å². The number of hydrogen-bond donors (Lipinski definition) is 6. The molecule has 2 aromatic carbocycles. The number of hydrogen-bond acceptors (Lipinski definition) is 16. The van der Waals surface area contributed by atoms with Gasteiger partial charge in [0, 0.05) is 39.8 Å². The number of nitrogens with one attached hydrogen (secondary N) is 4. The fraction of sp³-hybridized carbons (Fsp3) is 0.600. The summed E-state index contributed by atoms with van der Waals surface area (Å²) < 4.78 is 23.4. The Morgan fingerprint density at radius 2 is 0.988 bits per heavy atom. The number of benzene rings is 2. The highest BCUT2D eigenvalue weighted by atomic mass is 32.2. The van der Waals surface area contributed by atoms with Crippen molar-refractivity contribution in [2.24, 2.45) is 0 Å². The summed E-state index contributed by atoms with van der Waals surface area (Å²) in [5, 5.41) is 33.4. The van der Waals surface area contributed by atoms with Crippen molar-refractivity contribution in [2.45, 2.75) is 189 Å². The van der Waals surface area contributed by atoms with Crippen molar-refractivity contribution in [3.63, 3.8) is 0 Å². The number of carbonyl (C=O) groups is 8. The van der Waals surface area contributed by atoms with E-state index in [9.17, 15) is 48.6 Å². The molecule has 2 aromatic rings. The number of nitrogens with zero attached hydrogens (tertiary/aromatic N) is 4. The molecule has 8 rings (SSSR count). The molecule has 22 nitrogen and oxygen atoms in total. The van der Waals surface area contributed by atoms with Gasteiger partial charge in [-0.1, -0.05) is 60.4 Å². The lowest BCUT2D eigenvalue weighted by Gasteiger charge is -2.33. The fourth-order valence-corrected chi connectivity index (χ4v) is 14.0. The number of ether oxygens (including phenoxy) is 4. The van der Waals surface area contributed by atoms with E-state index in [1.807, 2.05) is 48.5 Å². The Hall–Kier alpha value is -6.54. The summed E-state index contributed by atoms with van der Waals surface area (Å²) in [5.74, 6) is 9.09. The SMILES string of the molecule is C[C@@H](C(=O)N[C@H]1CCS[C@H]2C[C@H](O)[C@@H](C(=O)N[C@H]3c4ccccc4C[C@H]3OCC#CC#CCO[C@@H]3Cc4ccccc4[C@@H]3NC(=O)[C@@H]3[C@@H](O)C[C@@H]4SCC[C@H](NC(=O)[C@H](C)N(C)C(=O)OC(C)(C)C)C(=O)N43)N2C1=O)N(C)C(=O)OC(C)(C)C. The Morgan fingerprint density at radius 1 is 0.619 bits per heavy atom. The molecule has 8 amide bonds. The van der Waals surface area contributed by atoms with Crippen LogP contribution < -0.4 is 21.3 Å². The van der Waals surface area contributed by atoms with Crippen molar-refractivity contribution in [2.75, 3.05) is 38.8 Å². The molecule has 4 fully saturated rings. The Bertz CT molecular complexity index is 2770. The van der Waals surface area contributed by atoms with Crippen LogP contribution in [-0.2, 0) is 60.6 Å². The Labute approximate surface area is 499 Å². The number of rotatable bonds is 14. The number of fused-ring (bicyclic) bond motifs is 4. The van der Waals surface area contributed by atoms with Gasteiger partial charge in [0.2, 0.25) is 35.4 Å². The van der Waals surface area contributed by atoms with Crippen LogP contribution in [0.3, 0.4) is 0 Å². The standard InChI is InChI=1S/C60H78N8O14S2/c1-33(65(9)57(77)81-59(3,4)5)51(71)61-39-23-27-83-45-31-41(69)49(67(45)55(39)75)53(73)63-47-37-21-15-13-19-35(37)29-43(47)79-25-17-11-12-18-26-80-44-30-36-20-14-16-22-38(36)48(44)64-54(74)50-42(70)32-46-68(50)56(76)40(24-28-84-46)62-52(72)34(2)66(10)58(78)82-60(6,7)8/h13-16,19-22,33-34,39-50,69-70H,23-32H2,1-10H3,(H,61,71)(H,62,72)(H,63,73)(H,64,74)/t33-,34-,39-,40-,41-,42-,43+,44+,45-,46-,47-,48-,49-,50-/m0/s1. The van der Waals surface area contributed by atoms with E-state index in [-0.39, 0.29) is 38.9 Å². The first-order chi connectivity index (χ1) is 39.7. The summed E-state index contributed by atoms with van der Waals surface area (Å²) in [5.41, 5.74) is 1.98. The smallest absolute Gasteiger partial charge is 0.410 e. The highest BCUT2D eigenvalue weighted by molar-refractivity contribution is 8.00. The first-order valence-corrected chi connectivity index (χ1v) is 30.5. The second-order valence-electron chi connectivity index (χ2n) is 24.0. The molecule has 0 bridgehead atoms. The first kappa shape index (κ1) is 63.5. The third-order valence-electron chi connectivity index (χ3n) is 15.8. The van der Waals surface area contributed by atoms with E-state index in [0.29, 0.717) is 24.3 Å². The first-order valence-electron chi connectivity index (χ1n) is 28.4. The van der Waals surface area contributed by atoms with Crippen molar-refractivity contribution >= 4 is 71.2 Å². The second kappa shape index (κ2) is 26.8. The van der Waals surface area contributed by atoms with Gasteiger partial charge in [-0.05, 0) is 114 Å². The molecule has 24 heteroatoms. The van der Waals surface area contributed by atoms with E-state index < -0.39 is 142 Å². The summed E-state index contributed by atoms with van der Waals surface area (Å²) in [6.07, 6.45) is -3.12. The summed E-state index contributed by atoms with van der Waals surface area (Å²) in [7, 11) is 2.88. The van der Waals surface area contributed by atoms with Gasteiger partial charge in [0.15, 0.2) is 0 Å². The monoisotopic (exact) mass is 1200 g/mol. The van der Waals surface area contributed by atoms with Gasteiger partial charge in [-0.25, -0.2) is 9.59 Å². The molecule has 84 heavy (non-hydrogen) atoms. The number of amides is 8. The third kappa shape index (κ3) is 14.7. The van der Waals surface area contributed by atoms with Gasteiger partial charge >= 0.3 is 12.2 Å². The molecular weight excluding hydrogens is 1120 g/mol. The molecule has 0 aromatic heterocycles. The Balaban J connectivity index is 0.860. The van der Waals surface area contributed by atoms with Crippen LogP contribution in [-0.4, -0.2) is 199 Å². The average Bonchev–Trinajstić information content (AvgIpc) is 3.55. The molecule has 0 radical (unpaired) electrons. The minimum atomic E-state index is -1.25. The van der Waals surface area contributed by atoms with E-state index >= 15 is 0 Å². The summed E-state index contributed by atoms with van der Waals surface area (Å²) >= 11 is 2.86.